The second-order valence-electron chi connectivity index (χ2n) is 7.86. The molecule has 1 heterocycles. The molecule has 1 fully saturated rings. The minimum absolute atomic E-state index is 0.0478. The fourth-order valence-corrected chi connectivity index (χ4v) is 4.73. The van der Waals surface area contributed by atoms with Crippen LogP contribution in [0.3, 0.4) is 0 Å². The summed E-state index contributed by atoms with van der Waals surface area (Å²) in [5.74, 6) is 1.47. The highest BCUT2D eigenvalue weighted by Gasteiger charge is 2.22. The van der Waals surface area contributed by atoms with Crippen molar-refractivity contribution in [2.75, 3.05) is 18.1 Å². The molecule has 0 amide bonds. The Bertz CT molecular complexity index is 1100. The molecular formula is C22H28N2O5S. The number of hydrogen-bond donors (Lipinski definition) is 1. The predicted octanol–water partition coefficient (Wildman–Crippen LogP) is 2.49. The first-order valence-corrected chi connectivity index (χ1v) is 12.0. The highest BCUT2D eigenvalue weighted by molar-refractivity contribution is 7.91. The van der Waals surface area contributed by atoms with Crippen molar-refractivity contribution in [3.63, 3.8) is 0 Å². The second-order valence-corrected chi connectivity index (χ2v) is 10.1. The van der Waals surface area contributed by atoms with Crippen LogP contribution in [0.2, 0.25) is 0 Å². The van der Waals surface area contributed by atoms with Gasteiger partial charge >= 0.3 is 5.69 Å². The molecule has 1 aromatic heterocycles. The van der Waals surface area contributed by atoms with Gasteiger partial charge in [0.05, 0.1) is 18.1 Å². The van der Waals surface area contributed by atoms with Gasteiger partial charge in [-0.15, -0.1) is 0 Å². The van der Waals surface area contributed by atoms with Crippen LogP contribution in [0.5, 0.6) is 5.75 Å². The van der Waals surface area contributed by atoms with E-state index in [1.165, 1.54) is 29.7 Å². The molecule has 1 atom stereocenters. The van der Waals surface area contributed by atoms with E-state index < -0.39 is 21.1 Å². The van der Waals surface area contributed by atoms with E-state index in [2.05, 4.69) is 4.98 Å². The third kappa shape index (κ3) is 7.02. The van der Waals surface area contributed by atoms with Gasteiger partial charge < -0.3 is 4.74 Å². The Hall–Kier alpha value is -2.61. The maximum Gasteiger partial charge on any atom is 0.328 e. The van der Waals surface area contributed by atoms with Gasteiger partial charge in [0.2, 0.25) is 0 Å². The predicted molar refractivity (Wildman–Crippen MR) is 117 cm³/mol. The maximum atomic E-state index is 12.5. The third-order valence-corrected chi connectivity index (χ3v) is 6.94. The average Bonchev–Trinajstić information content (AvgIpc) is 3.52. The van der Waals surface area contributed by atoms with Gasteiger partial charge in [-0.25, -0.2) is 13.2 Å². The smallest absolute Gasteiger partial charge is 0.328 e. The number of allylic oxidation sites excluding steroid dienone is 2. The Morgan fingerprint density at radius 2 is 2.03 bits per heavy atom. The number of ether oxygens (including phenoxy) is 1. The van der Waals surface area contributed by atoms with Gasteiger partial charge in [-0.05, 0) is 48.8 Å². The van der Waals surface area contributed by atoms with E-state index in [9.17, 15) is 18.0 Å². The van der Waals surface area contributed by atoms with Crippen molar-refractivity contribution in [1.29, 1.82) is 0 Å². The summed E-state index contributed by atoms with van der Waals surface area (Å²) in [5, 5.41) is 0. The molecule has 162 valence electrons. The topological polar surface area (TPSA) is 98.2 Å². The number of sulfone groups is 1. The molecule has 1 aliphatic rings. The van der Waals surface area contributed by atoms with E-state index in [0.29, 0.717) is 12.3 Å². The number of hydrogen-bond acceptors (Lipinski definition) is 5. The molecule has 1 aromatic carbocycles. The van der Waals surface area contributed by atoms with Crippen LogP contribution in [-0.4, -0.2) is 36.1 Å². The third-order valence-electron chi connectivity index (χ3n) is 5.07. The number of nitrogens with zero attached hydrogens (tertiary/aromatic N) is 1. The standard InChI is InChI=1S/C22H28N2O5S/c1-17(19-6-5-7-20(14-19)29-15-18-8-9-18)16-30(27,28)13-4-2-3-11-24-12-10-21(25)23-22(24)26/h2-3,5-7,10,12,14,17-18H,4,8-9,11,13,15-16H2,1H3,(H,23,25,26)/b3-2+/t17-/m0/s1. The Labute approximate surface area is 176 Å². The summed E-state index contributed by atoms with van der Waals surface area (Å²) in [4.78, 5) is 24.8. The Balaban J connectivity index is 1.47. The van der Waals surface area contributed by atoms with E-state index >= 15 is 0 Å². The summed E-state index contributed by atoms with van der Waals surface area (Å²) in [6, 6.07) is 8.96. The molecule has 1 saturated carbocycles. The Morgan fingerprint density at radius 3 is 2.77 bits per heavy atom. The molecule has 8 heteroatoms. The lowest BCUT2D eigenvalue weighted by Gasteiger charge is -2.14. The van der Waals surface area contributed by atoms with Crippen molar-refractivity contribution in [3.8, 4) is 5.75 Å². The number of benzene rings is 1. The zero-order valence-corrected chi connectivity index (χ0v) is 17.9. The van der Waals surface area contributed by atoms with Gasteiger partial charge in [-0.3, -0.25) is 14.3 Å². The first-order chi connectivity index (χ1) is 14.3. The zero-order chi connectivity index (χ0) is 21.6. The van der Waals surface area contributed by atoms with Crippen LogP contribution in [0, 0.1) is 5.92 Å². The van der Waals surface area contributed by atoms with Crippen molar-refractivity contribution in [2.45, 2.75) is 38.6 Å². The number of nitrogens with one attached hydrogen (secondary N) is 1. The van der Waals surface area contributed by atoms with Gasteiger partial charge in [0.15, 0.2) is 9.84 Å². The van der Waals surface area contributed by atoms with Crippen LogP contribution in [-0.2, 0) is 16.4 Å². The van der Waals surface area contributed by atoms with Gasteiger partial charge in [0, 0.05) is 18.8 Å². The fourth-order valence-electron chi connectivity index (χ4n) is 3.11. The Morgan fingerprint density at radius 1 is 1.23 bits per heavy atom. The quantitative estimate of drug-likeness (QED) is 0.550. The molecule has 0 bridgehead atoms. The molecular weight excluding hydrogens is 404 g/mol. The number of aromatic amines is 1. The van der Waals surface area contributed by atoms with Crippen molar-refractivity contribution in [3.05, 3.63) is 75.1 Å². The summed E-state index contributed by atoms with van der Waals surface area (Å²) >= 11 is 0. The summed E-state index contributed by atoms with van der Waals surface area (Å²) in [5.41, 5.74) is 0.0252. The van der Waals surface area contributed by atoms with E-state index in [1.54, 1.807) is 12.2 Å². The van der Waals surface area contributed by atoms with Gasteiger partial charge in [-0.2, -0.15) is 0 Å². The summed E-state index contributed by atoms with van der Waals surface area (Å²) in [6.07, 6.45) is 7.70. The largest absolute Gasteiger partial charge is 0.493 e. The van der Waals surface area contributed by atoms with Gasteiger partial charge in [0.1, 0.15) is 5.75 Å². The zero-order valence-electron chi connectivity index (χ0n) is 17.1. The Kier molecular flexibility index (Phi) is 7.31. The van der Waals surface area contributed by atoms with Crippen LogP contribution in [0.4, 0.5) is 0 Å². The highest BCUT2D eigenvalue weighted by Crippen LogP contribution is 2.30. The van der Waals surface area contributed by atoms with Crippen molar-refractivity contribution in [2.24, 2.45) is 5.92 Å². The monoisotopic (exact) mass is 432 g/mol. The molecule has 0 aliphatic heterocycles. The molecule has 2 aromatic rings. The highest BCUT2D eigenvalue weighted by atomic mass is 32.2. The second kappa shape index (κ2) is 9.93. The first-order valence-electron chi connectivity index (χ1n) is 10.2. The number of rotatable bonds is 11. The molecule has 0 radical (unpaired) electrons. The summed E-state index contributed by atoms with van der Waals surface area (Å²) < 4.78 is 32.1. The van der Waals surface area contributed by atoms with E-state index in [1.807, 2.05) is 31.2 Å². The number of aromatic nitrogens is 2. The van der Waals surface area contributed by atoms with Crippen molar-refractivity contribution < 1.29 is 13.2 Å². The molecule has 3 rings (SSSR count). The lowest BCUT2D eigenvalue weighted by molar-refractivity contribution is 0.299. The molecule has 7 nitrogen and oxygen atoms in total. The molecule has 30 heavy (non-hydrogen) atoms. The molecule has 1 N–H and O–H groups in total. The molecule has 0 saturated heterocycles. The van der Waals surface area contributed by atoms with Crippen LogP contribution in [0.15, 0.2) is 58.3 Å². The van der Waals surface area contributed by atoms with Crippen molar-refractivity contribution >= 4 is 9.84 Å². The van der Waals surface area contributed by atoms with Gasteiger partial charge in [-0.1, -0.05) is 31.2 Å². The maximum absolute atomic E-state index is 12.5. The SMILES string of the molecule is C[C@@H](CS(=O)(=O)CC/C=C/Cn1ccc(=O)[nH]c1=O)c1cccc(OCC2CC2)c1. The van der Waals surface area contributed by atoms with Gasteiger partial charge in [0.25, 0.3) is 5.56 Å². The minimum atomic E-state index is -3.22. The van der Waals surface area contributed by atoms with E-state index in [0.717, 1.165) is 17.9 Å². The average molecular weight is 433 g/mol. The van der Waals surface area contributed by atoms with Crippen LogP contribution in [0.25, 0.3) is 0 Å². The number of H-pyrrole nitrogens is 1. The van der Waals surface area contributed by atoms with Crippen LogP contribution in [0.1, 0.15) is 37.7 Å². The summed E-state index contributed by atoms with van der Waals surface area (Å²) in [7, 11) is -3.22. The van der Waals surface area contributed by atoms with E-state index in [4.69, 9.17) is 4.74 Å². The fraction of sp³-hybridized carbons (Fsp3) is 0.455. The molecule has 0 unspecified atom stereocenters. The molecule has 1 aliphatic carbocycles. The lowest BCUT2D eigenvalue weighted by Crippen LogP contribution is -2.28. The van der Waals surface area contributed by atoms with Crippen molar-refractivity contribution in [1.82, 2.24) is 9.55 Å². The normalized spacial score (nSPS) is 15.4. The molecule has 0 spiro atoms. The van der Waals surface area contributed by atoms with Crippen LogP contribution < -0.4 is 16.0 Å². The lowest BCUT2D eigenvalue weighted by atomic mass is 10.0. The van der Waals surface area contributed by atoms with Crippen LogP contribution >= 0.6 is 0 Å². The minimum Gasteiger partial charge on any atom is -0.493 e. The summed E-state index contributed by atoms with van der Waals surface area (Å²) in [6.45, 7) is 2.92. The first kappa shape index (κ1) is 22.1. The van der Waals surface area contributed by atoms with E-state index in [-0.39, 0.29) is 24.0 Å².